The fourth-order valence-corrected chi connectivity index (χ4v) is 2.92. The Hall–Kier alpha value is -1.81. The molecule has 1 fully saturated rings. The van der Waals surface area contributed by atoms with Crippen LogP contribution < -0.4 is 0 Å². The summed E-state index contributed by atoms with van der Waals surface area (Å²) in [6, 6.07) is 7.48. The highest BCUT2D eigenvalue weighted by Gasteiger charge is 2.24. The zero-order valence-corrected chi connectivity index (χ0v) is 12.5. The van der Waals surface area contributed by atoms with Crippen molar-refractivity contribution < 1.29 is 4.79 Å². The lowest BCUT2D eigenvalue weighted by atomic mass is 9.95. The number of imidazole rings is 1. The lowest BCUT2D eigenvalue weighted by Gasteiger charge is -2.31. The smallest absolute Gasteiger partial charge is 0.226 e. The second kappa shape index (κ2) is 6.31. The Labute approximate surface area is 129 Å². The first kappa shape index (κ1) is 14.1. The first-order valence-corrected chi connectivity index (χ1v) is 7.61. The van der Waals surface area contributed by atoms with Gasteiger partial charge >= 0.3 is 0 Å². The van der Waals surface area contributed by atoms with Gasteiger partial charge in [0.25, 0.3) is 0 Å². The third-order valence-corrected chi connectivity index (χ3v) is 4.27. The highest BCUT2D eigenvalue weighted by atomic mass is 35.5. The topological polar surface area (TPSA) is 49.0 Å². The molecule has 0 bridgehead atoms. The molecule has 2 heterocycles. The molecule has 1 aliphatic rings. The number of carbonyl (C=O) groups is 1. The van der Waals surface area contributed by atoms with Gasteiger partial charge in [0.1, 0.15) is 5.82 Å². The maximum atomic E-state index is 12.3. The number of benzene rings is 1. The van der Waals surface area contributed by atoms with Gasteiger partial charge in [-0.05, 0) is 30.5 Å². The molecule has 0 aliphatic carbocycles. The molecule has 1 aromatic carbocycles. The maximum Gasteiger partial charge on any atom is 0.226 e. The molecule has 0 unspecified atom stereocenters. The number of likely N-dealkylation sites (tertiary alicyclic amines) is 1. The first-order valence-electron chi connectivity index (χ1n) is 7.24. The number of nitrogens with zero attached hydrogens (tertiary/aromatic N) is 2. The van der Waals surface area contributed by atoms with Crippen LogP contribution in [0, 0.1) is 0 Å². The number of halogens is 1. The number of hydrogen-bond donors (Lipinski definition) is 1. The SMILES string of the molecule is O=C(Cc1ccc(Cl)cc1)N1CCC(c2ncc[nH]2)CC1. The van der Waals surface area contributed by atoms with Gasteiger partial charge in [-0.3, -0.25) is 4.79 Å². The number of aromatic nitrogens is 2. The summed E-state index contributed by atoms with van der Waals surface area (Å²) in [7, 11) is 0. The summed E-state index contributed by atoms with van der Waals surface area (Å²) < 4.78 is 0. The first-order chi connectivity index (χ1) is 10.2. The Morgan fingerprint density at radius 2 is 2.00 bits per heavy atom. The summed E-state index contributed by atoms with van der Waals surface area (Å²) in [6.45, 7) is 1.61. The van der Waals surface area contributed by atoms with Crippen molar-refractivity contribution in [2.45, 2.75) is 25.2 Å². The van der Waals surface area contributed by atoms with Crippen LogP contribution in [0.3, 0.4) is 0 Å². The number of rotatable bonds is 3. The van der Waals surface area contributed by atoms with E-state index < -0.39 is 0 Å². The standard InChI is InChI=1S/C16H18ClN3O/c17-14-3-1-12(2-4-14)11-15(21)20-9-5-13(6-10-20)16-18-7-8-19-16/h1-4,7-8,13H,5-6,9-11H2,(H,18,19). The van der Waals surface area contributed by atoms with E-state index in [1.165, 1.54) is 0 Å². The molecule has 0 spiro atoms. The molecule has 110 valence electrons. The third-order valence-electron chi connectivity index (χ3n) is 4.02. The minimum Gasteiger partial charge on any atom is -0.348 e. The van der Waals surface area contributed by atoms with Crippen LogP contribution in [0.1, 0.15) is 30.1 Å². The van der Waals surface area contributed by atoms with Gasteiger partial charge in [-0.15, -0.1) is 0 Å². The van der Waals surface area contributed by atoms with Crippen molar-refractivity contribution in [3.05, 3.63) is 53.1 Å². The van der Waals surface area contributed by atoms with Crippen molar-refractivity contribution in [3.8, 4) is 0 Å². The number of carbonyl (C=O) groups excluding carboxylic acids is 1. The fourth-order valence-electron chi connectivity index (χ4n) is 2.79. The summed E-state index contributed by atoms with van der Waals surface area (Å²) in [5.74, 6) is 1.68. The van der Waals surface area contributed by atoms with Crippen molar-refractivity contribution in [1.82, 2.24) is 14.9 Å². The van der Waals surface area contributed by atoms with Crippen molar-refractivity contribution in [1.29, 1.82) is 0 Å². The highest BCUT2D eigenvalue weighted by molar-refractivity contribution is 6.30. The van der Waals surface area contributed by atoms with E-state index in [9.17, 15) is 4.79 Å². The van der Waals surface area contributed by atoms with E-state index in [1.807, 2.05) is 35.4 Å². The summed E-state index contributed by atoms with van der Waals surface area (Å²) >= 11 is 5.86. The van der Waals surface area contributed by atoms with Crippen molar-refractivity contribution in [2.24, 2.45) is 0 Å². The number of hydrogen-bond acceptors (Lipinski definition) is 2. The Balaban J connectivity index is 1.54. The largest absolute Gasteiger partial charge is 0.348 e. The molecule has 5 heteroatoms. The summed E-state index contributed by atoms with van der Waals surface area (Å²) in [4.78, 5) is 21.8. The third kappa shape index (κ3) is 3.45. The van der Waals surface area contributed by atoms with Gasteiger partial charge in [-0.2, -0.15) is 0 Å². The van der Waals surface area contributed by atoms with Crippen LogP contribution in [0.15, 0.2) is 36.7 Å². The quantitative estimate of drug-likeness (QED) is 0.947. The molecular weight excluding hydrogens is 286 g/mol. The molecule has 1 aliphatic heterocycles. The molecule has 0 atom stereocenters. The van der Waals surface area contributed by atoms with E-state index >= 15 is 0 Å². The van der Waals surface area contributed by atoms with Gasteiger partial charge < -0.3 is 9.88 Å². The average Bonchev–Trinajstić information content (AvgIpc) is 3.04. The molecule has 4 nitrogen and oxygen atoms in total. The van der Waals surface area contributed by atoms with Gasteiger partial charge in [0.2, 0.25) is 5.91 Å². The normalized spacial score (nSPS) is 16.1. The summed E-state index contributed by atoms with van der Waals surface area (Å²) in [5.41, 5.74) is 1.01. The molecule has 0 saturated carbocycles. The monoisotopic (exact) mass is 303 g/mol. The predicted molar refractivity (Wildman–Crippen MR) is 82.3 cm³/mol. The minimum atomic E-state index is 0.190. The Bertz CT molecular complexity index is 586. The van der Waals surface area contributed by atoms with Crippen LogP contribution >= 0.6 is 11.6 Å². The van der Waals surface area contributed by atoms with Crippen LogP contribution in [-0.2, 0) is 11.2 Å². The van der Waals surface area contributed by atoms with E-state index in [0.717, 1.165) is 37.3 Å². The molecule has 1 N–H and O–H groups in total. The average molecular weight is 304 g/mol. The summed E-state index contributed by atoms with van der Waals surface area (Å²) in [5, 5.41) is 0.700. The number of piperidine rings is 1. The van der Waals surface area contributed by atoms with Crippen molar-refractivity contribution in [3.63, 3.8) is 0 Å². The van der Waals surface area contributed by atoms with Gasteiger partial charge in [0.15, 0.2) is 0 Å². The summed E-state index contributed by atoms with van der Waals surface area (Å²) in [6.07, 6.45) is 6.03. The number of nitrogens with one attached hydrogen (secondary N) is 1. The number of aromatic amines is 1. The van der Waals surface area contributed by atoms with Gasteiger partial charge in [0.05, 0.1) is 6.42 Å². The fraction of sp³-hybridized carbons (Fsp3) is 0.375. The van der Waals surface area contributed by atoms with Crippen molar-refractivity contribution in [2.75, 3.05) is 13.1 Å². The van der Waals surface area contributed by atoms with Gasteiger partial charge in [-0.25, -0.2) is 4.98 Å². The highest BCUT2D eigenvalue weighted by Crippen LogP contribution is 2.25. The maximum absolute atomic E-state index is 12.3. The van der Waals surface area contributed by atoms with E-state index in [1.54, 1.807) is 6.20 Å². The molecule has 3 rings (SSSR count). The zero-order valence-electron chi connectivity index (χ0n) is 11.8. The predicted octanol–water partition coefficient (Wildman–Crippen LogP) is 3.01. The number of H-pyrrole nitrogens is 1. The van der Waals surface area contributed by atoms with Crippen LogP contribution in [-0.4, -0.2) is 33.9 Å². The van der Waals surface area contributed by atoms with Crippen LogP contribution in [0.5, 0.6) is 0 Å². The number of amides is 1. The van der Waals surface area contributed by atoms with Crippen molar-refractivity contribution >= 4 is 17.5 Å². The molecule has 0 radical (unpaired) electrons. The molecule has 21 heavy (non-hydrogen) atoms. The molecule has 1 amide bonds. The molecular formula is C16H18ClN3O. The molecule has 2 aromatic rings. The van der Waals surface area contributed by atoms with Crippen LogP contribution in [0.25, 0.3) is 0 Å². The van der Waals surface area contributed by atoms with Gasteiger partial charge in [-0.1, -0.05) is 23.7 Å². The van der Waals surface area contributed by atoms with Crippen LogP contribution in [0.2, 0.25) is 5.02 Å². The molecule has 1 saturated heterocycles. The van der Waals surface area contributed by atoms with Gasteiger partial charge in [0, 0.05) is 36.4 Å². The molecule has 1 aromatic heterocycles. The van der Waals surface area contributed by atoms with Crippen LogP contribution in [0.4, 0.5) is 0 Å². The zero-order chi connectivity index (χ0) is 14.7. The second-order valence-electron chi connectivity index (χ2n) is 5.43. The second-order valence-corrected chi connectivity index (χ2v) is 5.87. The van der Waals surface area contributed by atoms with E-state index in [2.05, 4.69) is 9.97 Å². The Morgan fingerprint density at radius 1 is 1.29 bits per heavy atom. The lowest BCUT2D eigenvalue weighted by Crippen LogP contribution is -2.38. The Morgan fingerprint density at radius 3 is 2.62 bits per heavy atom. The minimum absolute atomic E-state index is 0.190. The lowest BCUT2D eigenvalue weighted by molar-refractivity contribution is -0.131. The van der Waals surface area contributed by atoms with E-state index in [4.69, 9.17) is 11.6 Å². The van der Waals surface area contributed by atoms with E-state index in [-0.39, 0.29) is 5.91 Å². The Kier molecular flexibility index (Phi) is 4.25. The van der Waals surface area contributed by atoms with E-state index in [0.29, 0.717) is 17.4 Å².